The van der Waals surface area contributed by atoms with Gasteiger partial charge in [-0.1, -0.05) is 48.5 Å². The molecule has 1 atom stereocenters. The molecule has 0 spiro atoms. The van der Waals surface area contributed by atoms with Gasteiger partial charge in [-0.15, -0.1) is 5.10 Å². The zero-order valence-corrected chi connectivity index (χ0v) is 18.3. The summed E-state index contributed by atoms with van der Waals surface area (Å²) in [6, 6.07) is 22.9. The lowest BCUT2D eigenvalue weighted by atomic mass is 10.0. The number of H-pyrrole nitrogens is 1. The van der Waals surface area contributed by atoms with Gasteiger partial charge in [-0.05, 0) is 24.3 Å². The molecule has 0 saturated carbocycles. The zero-order valence-electron chi connectivity index (χ0n) is 18.3. The number of benzodiazepines with no additional fused rings is 1. The molecule has 0 aliphatic carbocycles. The predicted molar refractivity (Wildman–Crippen MR) is 131 cm³/mol. The van der Waals surface area contributed by atoms with Gasteiger partial charge in [-0.25, -0.2) is 9.67 Å². The molecule has 1 aliphatic heterocycles. The van der Waals surface area contributed by atoms with Crippen LogP contribution < -0.4 is 10.6 Å². The number of anilines is 2. The van der Waals surface area contributed by atoms with Crippen LogP contribution in [0, 0.1) is 0 Å². The summed E-state index contributed by atoms with van der Waals surface area (Å²) in [5, 5.41) is 17.3. The van der Waals surface area contributed by atoms with Crippen molar-refractivity contribution in [2.45, 2.75) is 6.17 Å². The van der Waals surface area contributed by atoms with Gasteiger partial charge in [0.05, 0.1) is 23.3 Å². The van der Waals surface area contributed by atoms with Crippen LogP contribution >= 0.6 is 0 Å². The Kier molecular flexibility index (Phi) is 5.08. The summed E-state index contributed by atoms with van der Waals surface area (Å²) in [5.74, 6) is 0.390. The fraction of sp³-hybridized carbons (Fsp3) is 0.0400. The Bertz CT molecular complexity index is 1510. The average molecular weight is 461 g/mol. The summed E-state index contributed by atoms with van der Waals surface area (Å²) >= 11 is 0. The van der Waals surface area contributed by atoms with E-state index in [9.17, 15) is 4.79 Å². The Morgan fingerprint density at radius 2 is 1.80 bits per heavy atom. The number of amides is 1. The molecule has 1 unspecified atom stereocenters. The molecule has 6 rings (SSSR count). The molecule has 4 heterocycles. The number of benzene rings is 2. The van der Waals surface area contributed by atoms with Crippen molar-refractivity contribution >= 4 is 23.3 Å². The Morgan fingerprint density at radius 3 is 2.60 bits per heavy atom. The number of rotatable bonds is 5. The van der Waals surface area contributed by atoms with Crippen molar-refractivity contribution in [1.29, 1.82) is 0 Å². The van der Waals surface area contributed by atoms with Gasteiger partial charge < -0.3 is 10.6 Å². The normalized spacial score (nSPS) is 15.0. The first-order chi connectivity index (χ1) is 17.2. The molecule has 0 radical (unpaired) electrons. The molecule has 10 nitrogen and oxygen atoms in total. The standard InChI is InChI=1S/C25H19N9O/c35-24-23(29-21(16-7-2-1-3-8-16)18-9-4-5-10-19(18)28-24)31-25-30-22(32-33-25)20-12-11-17(15-26-20)34-14-6-13-27-34/h1-15,23H,(H,28,35)(H2,30,31,32,33). The molecule has 10 heteroatoms. The van der Waals surface area contributed by atoms with Crippen LogP contribution in [-0.2, 0) is 4.79 Å². The van der Waals surface area contributed by atoms with Crippen LogP contribution in [0.25, 0.3) is 17.2 Å². The number of pyridine rings is 1. The zero-order chi connectivity index (χ0) is 23.6. The summed E-state index contributed by atoms with van der Waals surface area (Å²) in [5.41, 5.74) is 4.57. The van der Waals surface area contributed by atoms with E-state index in [1.54, 1.807) is 17.1 Å². The number of hydrogen-bond donors (Lipinski definition) is 3. The quantitative estimate of drug-likeness (QED) is 0.369. The number of carbonyl (C=O) groups excluding carboxylic acids is 1. The Labute approximate surface area is 199 Å². The highest BCUT2D eigenvalue weighted by atomic mass is 16.2. The molecule has 35 heavy (non-hydrogen) atoms. The number of hydrogen-bond acceptors (Lipinski definition) is 7. The van der Waals surface area contributed by atoms with Gasteiger partial charge in [-0.3, -0.25) is 14.9 Å². The van der Waals surface area contributed by atoms with Crippen LogP contribution in [0.1, 0.15) is 11.1 Å². The highest BCUT2D eigenvalue weighted by molar-refractivity contribution is 6.19. The lowest BCUT2D eigenvalue weighted by Gasteiger charge is -2.11. The number of fused-ring (bicyclic) bond motifs is 1. The van der Waals surface area contributed by atoms with E-state index in [-0.39, 0.29) is 11.9 Å². The molecule has 5 aromatic rings. The van der Waals surface area contributed by atoms with Gasteiger partial charge in [-0.2, -0.15) is 10.1 Å². The third kappa shape index (κ3) is 4.04. The van der Waals surface area contributed by atoms with Gasteiger partial charge in [0.25, 0.3) is 5.91 Å². The van der Waals surface area contributed by atoms with Gasteiger partial charge in [0.2, 0.25) is 12.1 Å². The third-order valence-electron chi connectivity index (χ3n) is 5.50. The lowest BCUT2D eigenvalue weighted by molar-refractivity contribution is -0.116. The largest absolute Gasteiger partial charge is 0.323 e. The molecule has 170 valence electrons. The topological polar surface area (TPSA) is 126 Å². The smallest absolute Gasteiger partial charge is 0.269 e. The molecule has 0 saturated heterocycles. The van der Waals surface area contributed by atoms with Crippen LogP contribution in [0.3, 0.4) is 0 Å². The van der Waals surface area contributed by atoms with Crippen LogP contribution in [0.5, 0.6) is 0 Å². The van der Waals surface area contributed by atoms with Crippen molar-refractivity contribution in [3.8, 4) is 17.2 Å². The Morgan fingerprint density at radius 1 is 0.943 bits per heavy atom. The maximum atomic E-state index is 13.0. The van der Waals surface area contributed by atoms with E-state index in [4.69, 9.17) is 4.99 Å². The number of para-hydroxylation sites is 1. The van der Waals surface area contributed by atoms with E-state index in [1.807, 2.05) is 79.0 Å². The molecular weight excluding hydrogens is 442 g/mol. The summed E-state index contributed by atoms with van der Waals surface area (Å²) < 4.78 is 1.72. The van der Waals surface area contributed by atoms with E-state index in [1.165, 1.54) is 0 Å². The van der Waals surface area contributed by atoms with E-state index < -0.39 is 6.17 Å². The first-order valence-electron chi connectivity index (χ1n) is 10.9. The van der Waals surface area contributed by atoms with Gasteiger partial charge in [0, 0.05) is 23.5 Å². The minimum Gasteiger partial charge on any atom is -0.323 e. The third-order valence-corrected chi connectivity index (χ3v) is 5.50. The fourth-order valence-corrected chi connectivity index (χ4v) is 3.83. The van der Waals surface area contributed by atoms with Crippen molar-refractivity contribution in [3.63, 3.8) is 0 Å². The van der Waals surface area contributed by atoms with Crippen molar-refractivity contribution in [2.75, 3.05) is 10.6 Å². The lowest BCUT2D eigenvalue weighted by Crippen LogP contribution is -2.33. The molecule has 0 bridgehead atoms. The highest BCUT2D eigenvalue weighted by Gasteiger charge is 2.26. The number of aromatic amines is 1. The monoisotopic (exact) mass is 461 g/mol. The summed E-state index contributed by atoms with van der Waals surface area (Å²) in [6.07, 6.45) is 4.31. The second-order valence-corrected chi connectivity index (χ2v) is 7.79. The van der Waals surface area contributed by atoms with Crippen LogP contribution in [0.2, 0.25) is 0 Å². The highest BCUT2D eigenvalue weighted by Crippen LogP contribution is 2.24. The fourth-order valence-electron chi connectivity index (χ4n) is 3.83. The van der Waals surface area contributed by atoms with Gasteiger partial charge in [0.1, 0.15) is 5.69 Å². The molecule has 1 amide bonds. The van der Waals surface area contributed by atoms with E-state index in [0.29, 0.717) is 22.9 Å². The first kappa shape index (κ1) is 20.5. The number of aliphatic imine (C=N–C) groups is 1. The number of nitrogens with one attached hydrogen (secondary N) is 3. The summed E-state index contributed by atoms with van der Waals surface area (Å²) in [6.45, 7) is 0. The average Bonchev–Trinajstić information content (AvgIpc) is 3.58. The maximum Gasteiger partial charge on any atom is 0.269 e. The SMILES string of the molecule is O=C1Nc2ccccc2C(c2ccccc2)=NC1Nc1n[nH]c(-c2ccc(-n3cccn3)cn2)n1. The number of nitrogens with zero attached hydrogens (tertiary/aromatic N) is 6. The van der Waals surface area contributed by atoms with E-state index in [0.717, 1.165) is 16.8 Å². The van der Waals surface area contributed by atoms with Crippen LogP contribution in [0.15, 0.2) is 96.4 Å². The van der Waals surface area contributed by atoms with Crippen molar-refractivity contribution in [3.05, 3.63) is 103 Å². The molecule has 1 aliphatic rings. The number of aromatic nitrogens is 6. The summed E-state index contributed by atoms with van der Waals surface area (Å²) in [4.78, 5) is 26.7. The summed E-state index contributed by atoms with van der Waals surface area (Å²) in [7, 11) is 0. The predicted octanol–water partition coefficient (Wildman–Crippen LogP) is 3.28. The van der Waals surface area contributed by atoms with Crippen molar-refractivity contribution in [1.82, 2.24) is 29.9 Å². The van der Waals surface area contributed by atoms with Crippen molar-refractivity contribution < 1.29 is 4.79 Å². The minimum absolute atomic E-state index is 0.236. The van der Waals surface area contributed by atoms with Crippen LogP contribution in [-0.4, -0.2) is 47.7 Å². The molecule has 0 fully saturated rings. The van der Waals surface area contributed by atoms with E-state index >= 15 is 0 Å². The first-order valence-corrected chi connectivity index (χ1v) is 10.9. The second-order valence-electron chi connectivity index (χ2n) is 7.79. The van der Waals surface area contributed by atoms with Gasteiger partial charge >= 0.3 is 0 Å². The molecule has 3 N–H and O–H groups in total. The number of carbonyl (C=O) groups is 1. The molecule has 3 aromatic heterocycles. The second kappa shape index (κ2) is 8.67. The molecular formula is C25H19N9O. The Hall–Kier alpha value is -5.12. The van der Waals surface area contributed by atoms with Crippen molar-refractivity contribution in [2.24, 2.45) is 4.99 Å². The Balaban J connectivity index is 1.29. The molecule has 2 aromatic carbocycles. The minimum atomic E-state index is -0.934. The van der Waals surface area contributed by atoms with Gasteiger partial charge in [0.15, 0.2) is 5.82 Å². The van der Waals surface area contributed by atoms with E-state index in [2.05, 4.69) is 35.9 Å². The maximum absolute atomic E-state index is 13.0. The van der Waals surface area contributed by atoms with Crippen LogP contribution in [0.4, 0.5) is 11.6 Å².